The van der Waals surface area contributed by atoms with Gasteiger partial charge in [0.25, 0.3) is 23.6 Å². The van der Waals surface area contributed by atoms with Gasteiger partial charge in [-0.15, -0.1) is 45.3 Å². The van der Waals surface area contributed by atoms with Crippen LogP contribution in [0.5, 0.6) is 0 Å². The number of thiophene rings is 4. The molecule has 4 saturated carbocycles. The number of anilines is 8. The summed E-state index contributed by atoms with van der Waals surface area (Å²) in [7, 11) is 2.70. The third-order valence-corrected chi connectivity index (χ3v) is 29.4. The molecule has 0 radical (unpaired) electrons. The number of aryl methyl sites for hydroxylation is 2. The summed E-state index contributed by atoms with van der Waals surface area (Å²) < 4.78 is 11.6. The van der Waals surface area contributed by atoms with E-state index in [1.807, 2.05) is 48.5 Å². The maximum absolute atomic E-state index is 13.3. The summed E-state index contributed by atoms with van der Waals surface area (Å²) in [6.45, 7) is 0. The zero-order valence-corrected chi connectivity index (χ0v) is 75.5. The van der Waals surface area contributed by atoms with E-state index < -0.39 is 59.3 Å². The molecule has 6 aromatic carbocycles. The number of hydrogen-bond acceptors (Lipinski definition) is 18. The van der Waals surface area contributed by atoms with E-state index in [4.69, 9.17) is 55.9 Å². The number of carbonyl (C=O) groups is 12. The number of nitrogens with one attached hydrogen (secondary N) is 8. The smallest absolute Gasteiger partial charge is 0.309 e. The Morgan fingerprint density at radius 3 is 0.825 bits per heavy atom. The van der Waals surface area contributed by atoms with Crippen LogP contribution in [-0.2, 0) is 73.5 Å². The van der Waals surface area contributed by atoms with Crippen molar-refractivity contribution in [3.8, 4) is 0 Å². The number of hydrogen-bond donors (Lipinski definition) is 10. The summed E-state index contributed by atoms with van der Waals surface area (Å²) in [4.78, 5) is 155. The minimum absolute atomic E-state index is 0.209. The van der Waals surface area contributed by atoms with Crippen LogP contribution in [0.1, 0.15) is 191 Å². The number of carboxylic acids is 2. The Bertz CT molecular complexity index is 5700. The number of carboxylic acid groups (broad SMARTS) is 2. The number of aliphatic carboxylic acids is 2. The fourth-order valence-electron chi connectivity index (χ4n) is 17.5. The standard InChI is InChI=1S/C24H27ClN2O4S.C24H23ClN2O4S.C23H25ClN2O4S.C23H21ClN2O4S/c2*1-31-24(30)17-7-3-2-6-16(17)21(28)27-23-20(18-8-4-5-9-19(18)32-23)22(29)26-15-12-10-14(25)11-13-15;2*24-13-9-11-14(12-10-13)25-21(28)19-17-7-3-4-8-18(17)31-22(19)26-20(27)15-5-1-2-6-16(15)23(29)30/h10-13,16-17H,2-9H2,1H3,(H,26,29)(H,27,28);4-5,8-13,16-17H,2-3,6-7H2,1H3,(H,26,29)(H,27,28);9-12,15-16H,1-8H2,(H,25,28)(H,26,27)(H,29,30);3-4,7-12,15-16H,1-2,5-6H2,(H,25,28)(H,26,27)(H,29,30). The zero-order chi connectivity index (χ0) is 89.2. The maximum atomic E-state index is 13.3. The van der Waals surface area contributed by atoms with Gasteiger partial charge in [0.15, 0.2) is 0 Å². The van der Waals surface area contributed by atoms with Gasteiger partial charge in [0.05, 0.1) is 83.8 Å². The number of esters is 2. The predicted molar refractivity (Wildman–Crippen MR) is 499 cm³/mol. The molecule has 8 unspecified atom stereocenters. The van der Waals surface area contributed by atoms with E-state index in [1.165, 1.54) is 59.6 Å². The lowest BCUT2D eigenvalue weighted by molar-refractivity contribution is -0.151. The van der Waals surface area contributed by atoms with Crippen molar-refractivity contribution in [1.29, 1.82) is 0 Å². The van der Waals surface area contributed by atoms with Gasteiger partial charge in [0, 0.05) is 72.8 Å². The van der Waals surface area contributed by atoms with Crippen LogP contribution in [-0.4, -0.2) is 95.6 Å². The van der Waals surface area contributed by atoms with Crippen molar-refractivity contribution in [1.82, 2.24) is 0 Å². The van der Waals surface area contributed by atoms with Gasteiger partial charge in [-0.1, -0.05) is 134 Å². The zero-order valence-electron chi connectivity index (χ0n) is 69.2. The van der Waals surface area contributed by atoms with E-state index in [-0.39, 0.29) is 59.2 Å². The lowest BCUT2D eigenvalue weighted by Gasteiger charge is -2.28. The second kappa shape index (κ2) is 43.8. The lowest BCUT2D eigenvalue weighted by Crippen LogP contribution is -2.36. The molecule has 4 aromatic heterocycles. The number of amides is 8. The van der Waals surface area contributed by atoms with Crippen molar-refractivity contribution in [2.24, 2.45) is 47.3 Å². The van der Waals surface area contributed by atoms with E-state index in [0.29, 0.717) is 136 Å². The number of fused-ring (bicyclic) bond motifs is 4. The lowest BCUT2D eigenvalue weighted by atomic mass is 9.78. The predicted octanol–water partition coefficient (Wildman–Crippen LogP) is 22.2. The number of halogens is 4. The topological polar surface area (TPSA) is 360 Å². The Morgan fingerprint density at radius 2 is 0.540 bits per heavy atom. The van der Waals surface area contributed by atoms with E-state index in [0.717, 1.165) is 144 Å². The first-order valence-corrected chi connectivity index (χ1v) is 47.1. The molecule has 8 amide bonds. The van der Waals surface area contributed by atoms with Crippen molar-refractivity contribution in [2.75, 3.05) is 56.8 Å². The quantitative estimate of drug-likeness (QED) is 0.0317. The SMILES string of the molecule is COC(=O)C1CCCCC1C(=O)Nc1sc2c(c1C(=O)Nc1ccc(Cl)cc1)CCCC2.COC(=O)C1CCCCC1C(=O)Nc1sc2ccccc2c1C(=O)Nc1ccc(Cl)cc1.O=C(Nc1ccc(Cl)cc1)c1c(NC(=O)C2CCCCC2C(=O)O)sc2c1CCCC2.O=C(Nc1ccc(Cl)cc1)c1c(NC(=O)C2CCCCC2C(=O)O)sc2ccccc12. The highest BCUT2D eigenvalue weighted by Crippen LogP contribution is 2.46. The highest BCUT2D eigenvalue weighted by atomic mass is 35.5. The first-order chi connectivity index (χ1) is 60.8. The third-order valence-electron chi connectivity index (χ3n) is 23.9. The first kappa shape index (κ1) is 93.1. The van der Waals surface area contributed by atoms with Crippen molar-refractivity contribution in [3.63, 3.8) is 0 Å². The van der Waals surface area contributed by atoms with Crippen molar-refractivity contribution >= 4 is 226 Å². The number of methoxy groups -OCH3 is 2. The number of rotatable bonds is 20. The Morgan fingerprint density at radius 1 is 0.294 bits per heavy atom. The molecule has 24 nitrogen and oxygen atoms in total. The summed E-state index contributed by atoms with van der Waals surface area (Å²) in [5, 5.41) is 48.2. The monoisotopic (exact) mass is 1860 g/mol. The van der Waals surface area contributed by atoms with Crippen molar-refractivity contribution in [2.45, 2.75) is 154 Å². The van der Waals surface area contributed by atoms with Crippen LogP contribution in [0.4, 0.5) is 42.8 Å². The Labute approximate surface area is 764 Å². The molecule has 0 bridgehead atoms. The van der Waals surface area contributed by atoms with Crippen LogP contribution < -0.4 is 42.5 Å². The van der Waals surface area contributed by atoms with E-state index in [9.17, 15) is 67.7 Å². The van der Waals surface area contributed by atoms with E-state index in [1.54, 1.807) is 97.1 Å². The van der Waals surface area contributed by atoms with Crippen LogP contribution in [0.3, 0.4) is 0 Å². The normalized spacial score (nSPS) is 19.3. The molecule has 0 aliphatic heterocycles. The van der Waals surface area contributed by atoms with Gasteiger partial charge in [0.1, 0.15) is 20.0 Å². The Balaban J connectivity index is 0.000000144. The molecule has 0 saturated heterocycles. The van der Waals surface area contributed by atoms with Crippen molar-refractivity contribution in [3.05, 3.63) is 209 Å². The van der Waals surface area contributed by atoms with Gasteiger partial charge in [-0.2, -0.15) is 0 Å². The third kappa shape index (κ3) is 23.1. The van der Waals surface area contributed by atoms with Gasteiger partial charge in [0.2, 0.25) is 23.6 Å². The van der Waals surface area contributed by atoms with Crippen LogP contribution in [0.15, 0.2) is 146 Å². The first-order valence-electron chi connectivity index (χ1n) is 42.3. The van der Waals surface area contributed by atoms with Gasteiger partial charge in [-0.25, -0.2) is 0 Å². The van der Waals surface area contributed by atoms with Gasteiger partial charge in [-0.3, -0.25) is 57.5 Å². The molecular weight excluding hydrogens is 1770 g/mol. The summed E-state index contributed by atoms with van der Waals surface area (Å²) in [6.07, 6.45) is 19.0. The Hall–Kier alpha value is -10.6. The molecule has 0 spiro atoms. The largest absolute Gasteiger partial charge is 0.481 e. The Kier molecular flexibility index (Phi) is 32.3. The molecule has 660 valence electrons. The average Bonchev–Trinajstić information content (AvgIpc) is 1.65. The van der Waals surface area contributed by atoms with Crippen LogP contribution >= 0.6 is 91.8 Å². The van der Waals surface area contributed by atoms with E-state index in [2.05, 4.69) is 42.5 Å². The van der Waals surface area contributed by atoms with Crippen molar-refractivity contribution < 1.29 is 77.2 Å². The summed E-state index contributed by atoms with van der Waals surface area (Å²) in [6, 6.07) is 42.3. The second-order valence-corrected chi connectivity index (χ2v) is 38.0. The molecule has 8 atom stereocenters. The average molecular weight is 1860 g/mol. The molecule has 126 heavy (non-hydrogen) atoms. The summed E-state index contributed by atoms with van der Waals surface area (Å²) in [5.41, 5.74) is 6.29. The molecule has 32 heteroatoms. The van der Waals surface area contributed by atoms with Gasteiger partial charge >= 0.3 is 23.9 Å². The van der Waals surface area contributed by atoms with Gasteiger partial charge < -0.3 is 62.2 Å². The molecule has 10 aromatic rings. The highest BCUT2D eigenvalue weighted by molar-refractivity contribution is 7.24. The minimum Gasteiger partial charge on any atom is -0.481 e. The van der Waals surface area contributed by atoms with Crippen LogP contribution in [0.25, 0.3) is 20.2 Å². The fourth-order valence-corrected chi connectivity index (χ4v) is 22.8. The molecule has 10 N–H and O–H groups in total. The number of ether oxygens (including phenoxy) is 2. The molecule has 6 aliphatic rings. The van der Waals surface area contributed by atoms with Gasteiger partial charge in [-0.05, 0) is 223 Å². The maximum Gasteiger partial charge on any atom is 0.309 e. The fraction of sp³-hybridized carbons (Fsp3) is 0.362. The molecule has 4 heterocycles. The second-order valence-electron chi connectivity index (χ2n) is 31.9. The summed E-state index contributed by atoms with van der Waals surface area (Å²) in [5.74, 6) is -9.24. The van der Waals surface area contributed by atoms with Crippen LogP contribution in [0.2, 0.25) is 20.1 Å². The number of carbonyl (C=O) groups excluding carboxylic acids is 10. The molecule has 4 fully saturated rings. The molecule has 16 rings (SSSR count). The summed E-state index contributed by atoms with van der Waals surface area (Å²) >= 11 is 29.3. The molecular formula is C94H96Cl4N8O16S4. The molecule has 6 aliphatic carbocycles. The highest BCUT2D eigenvalue weighted by Gasteiger charge is 2.42. The number of benzene rings is 6. The van der Waals surface area contributed by atoms with Crippen LogP contribution in [0, 0.1) is 47.3 Å². The van der Waals surface area contributed by atoms with E-state index >= 15 is 0 Å². The minimum atomic E-state index is -0.947.